The molecule has 1 aliphatic carbocycles. The molecule has 1 aromatic heterocycles. The van der Waals surface area contributed by atoms with Gasteiger partial charge in [-0.1, -0.05) is 30.5 Å². The number of fused-ring (bicyclic) bond motifs is 1. The molecule has 1 fully saturated rings. The van der Waals surface area contributed by atoms with Gasteiger partial charge in [0.15, 0.2) is 0 Å². The second-order valence-electron chi connectivity index (χ2n) is 5.15. The van der Waals surface area contributed by atoms with Crippen LogP contribution in [-0.4, -0.2) is 17.2 Å². The Bertz CT molecular complexity index is 526. The Balaban J connectivity index is 1.65. The van der Waals surface area contributed by atoms with Crippen LogP contribution in [0.5, 0.6) is 0 Å². The van der Waals surface area contributed by atoms with Gasteiger partial charge in [-0.2, -0.15) is 0 Å². The van der Waals surface area contributed by atoms with Crippen LogP contribution < -0.4 is 5.32 Å². The molecule has 3 heteroatoms. The van der Waals surface area contributed by atoms with Crippen molar-refractivity contribution in [1.82, 2.24) is 9.88 Å². The molecule has 2 aromatic rings. The topological polar surface area (TPSA) is 17.0 Å². The van der Waals surface area contributed by atoms with Crippen LogP contribution in [0.3, 0.4) is 0 Å². The Morgan fingerprint density at radius 1 is 1.22 bits per heavy atom. The van der Waals surface area contributed by atoms with Crippen molar-refractivity contribution < 1.29 is 0 Å². The molecule has 0 bridgehead atoms. The number of hydrogen-bond donors (Lipinski definition) is 1. The average Bonchev–Trinajstić information content (AvgIpc) is 2.99. The molecule has 0 aliphatic heterocycles. The van der Waals surface area contributed by atoms with Crippen molar-refractivity contribution in [3.8, 4) is 0 Å². The Morgan fingerprint density at radius 2 is 2.06 bits per heavy atom. The molecule has 1 heterocycles. The molecule has 0 spiro atoms. The largest absolute Gasteiger partial charge is 0.346 e. The molecule has 0 atom stereocenters. The third kappa shape index (κ3) is 2.55. The van der Waals surface area contributed by atoms with E-state index >= 15 is 0 Å². The summed E-state index contributed by atoms with van der Waals surface area (Å²) in [5.74, 6) is 0. The first-order chi connectivity index (χ1) is 8.83. The summed E-state index contributed by atoms with van der Waals surface area (Å²) in [5.41, 5.74) is 1.23. The molecule has 1 aliphatic rings. The Kier molecular flexibility index (Phi) is 3.57. The van der Waals surface area contributed by atoms with E-state index < -0.39 is 0 Å². The molecule has 0 unspecified atom stereocenters. The van der Waals surface area contributed by atoms with Crippen LogP contribution in [0.2, 0.25) is 5.02 Å². The normalized spacial score (nSPS) is 16.7. The van der Waals surface area contributed by atoms with Gasteiger partial charge < -0.3 is 9.88 Å². The Morgan fingerprint density at radius 3 is 2.89 bits per heavy atom. The van der Waals surface area contributed by atoms with Gasteiger partial charge in [0.2, 0.25) is 0 Å². The van der Waals surface area contributed by atoms with E-state index in [9.17, 15) is 0 Å². The van der Waals surface area contributed by atoms with E-state index in [0.717, 1.165) is 24.2 Å². The van der Waals surface area contributed by atoms with Crippen LogP contribution in [0.1, 0.15) is 25.7 Å². The van der Waals surface area contributed by atoms with Crippen molar-refractivity contribution in [2.75, 3.05) is 6.54 Å². The summed E-state index contributed by atoms with van der Waals surface area (Å²) in [7, 11) is 0. The SMILES string of the molecule is Clc1ccc2ccn(CCNC3CCCC3)c2c1. The average molecular weight is 263 g/mol. The highest BCUT2D eigenvalue weighted by Crippen LogP contribution is 2.21. The number of nitrogens with zero attached hydrogens (tertiary/aromatic N) is 1. The zero-order valence-electron chi connectivity index (χ0n) is 10.5. The standard InChI is InChI=1S/C15H19ClN2/c16-13-6-5-12-7-9-18(15(12)11-13)10-8-17-14-3-1-2-4-14/h5-7,9,11,14,17H,1-4,8,10H2. The lowest BCUT2D eigenvalue weighted by molar-refractivity contribution is 0.501. The fourth-order valence-corrected chi connectivity index (χ4v) is 3.04. The van der Waals surface area contributed by atoms with Gasteiger partial charge in [-0.25, -0.2) is 0 Å². The molecule has 2 nitrogen and oxygen atoms in total. The minimum atomic E-state index is 0.746. The Labute approximate surface area is 113 Å². The lowest BCUT2D eigenvalue weighted by atomic mass is 10.2. The third-order valence-corrected chi connectivity index (χ3v) is 4.11. The molecule has 18 heavy (non-hydrogen) atoms. The summed E-state index contributed by atoms with van der Waals surface area (Å²) >= 11 is 6.06. The number of hydrogen-bond acceptors (Lipinski definition) is 1. The predicted molar refractivity (Wildman–Crippen MR) is 77.2 cm³/mol. The van der Waals surface area contributed by atoms with Crippen molar-refractivity contribution in [3.05, 3.63) is 35.5 Å². The minimum Gasteiger partial charge on any atom is -0.346 e. The first-order valence-electron chi connectivity index (χ1n) is 6.81. The zero-order chi connectivity index (χ0) is 12.4. The monoisotopic (exact) mass is 262 g/mol. The highest BCUT2D eigenvalue weighted by Gasteiger charge is 2.13. The second-order valence-corrected chi connectivity index (χ2v) is 5.58. The summed E-state index contributed by atoms with van der Waals surface area (Å²) in [5, 5.41) is 5.72. The van der Waals surface area contributed by atoms with Gasteiger partial charge in [-0.3, -0.25) is 0 Å². The van der Waals surface area contributed by atoms with Gasteiger partial charge in [-0.05, 0) is 36.4 Å². The van der Waals surface area contributed by atoms with E-state index in [0.29, 0.717) is 0 Å². The van der Waals surface area contributed by atoms with Crippen molar-refractivity contribution in [2.24, 2.45) is 0 Å². The smallest absolute Gasteiger partial charge is 0.0495 e. The molecular formula is C15H19ClN2. The minimum absolute atomic E-state index is 0.746. The van der Waals surface area contributed by atoms with Crippen LogP contribution >= 0.6 is 11.6 Å². The lowest BCUT2D eigenvalue weighted by Gasteiger charge is -2.12. The van der Waals surface area contributed by atoms with Crippen LogP contribution in [0.15, 0.2) is 30.5 Å². The fraction of sp³-hybridized carbons (Fsp3) is 0.467. The van der Waals surface area contributed by atoms with E-state index in [2.05, 4.69) is 28.2 Å². The van der Waals surface area contributed by atoms with Crippen molar-refractivity contribution in [3.63, 3.8) is 0 Å². The summed E-state index contributed by atoms with van der Waals surface area (Å²) in [6.45, 7) is 2.06. The maximum Gasteiger partial charge on any atom is 0.0495 e. The maximum absolute atomic E-state index is 6.06. The van der Waals surface area contributed by atoms with Crippen LogP contribution in [0.25, 0.3) is 10.9 Å². The third-order valence-electron chi connectivity index (χ3n) is 3.88. The highest BCUT2D eigenvalue weighted by atomic mass is 35.5. The molecular weight excluding hydrogens is 244 g/mol. The molecule has 1 saturated carbocycles. The number of nitrogens with one attached hydrogen (secondary N) is 1. The first-order valence-corrected chi connectivity index (χ1v) is 7.18. The quantitative estimate of drug-likeness (QED) is 0.886. The highest BCUT2D eigenvalue weighted by molar-refractivity contribution is 6.31. The van der Waals surface area contributed by atoms with Crippen molar-refractivity contribution >= 4 is 22.5 Å². The van der Waals surface area contributed by atoms with Gasteiger partial charge in [0.05, 0.1) is 0 Å². The Hall–Kier alpha value is -0.990. The molecule has 0 amide bonds. The van der Waals surface area contributed by atoms with Crippen molar-refractivity contribution in [1.29, 1.82) is 0 Å². The van der Waals surface area contributed by atoms with Gasteiger partial charge >= 0.3 is 0 Å². The summed E-state index contributed by atoms with van der Waals surface area (Å²) in [6, 6.07) is 8.98. The maximum atomic E-state index is 6.06. The lowest BCUT2D eigenvalue weighted by Crippen LogP contribution is -2.29. The van der Waals surface area contributed by atoms with Crippen LogP contribution in [0.4, 0.5) is 0 Å². The van der Waals surface area contributed by atoms with E-state index in [1.165, 1.54) is 36.6 Å². The van der Waals surface area contributed by atoms with E-state index in [-0.39, 0.29) is 0 Å². The van der Waals surface area contributed by atoms with E-state index in [1.54, 1.807) is 0 Å². The van der Waals surface area contributed by atoms with Gasteiger partial charge in [0.1, 0.15) is 0 Å². The van der Waals surface area contributed by atoms with Crippen LogP contribution in [0, 0.1) is 0 Å². The number of aromatic nitrogens is 1. The summed E-state index contributed by atoms with van der Waals surface area (Å²) < 4.78 is 2.28. The molecule has 1 N–H and O–H groups in total. The fourth-order valence-electron chi connectivity index (χ4n) is 2.87. The number of halogens is 1. The second kappa shape index (κ2) is 5.33. The van der Waals surface area contributed by atoms with E-state index in [1.807, 2.05) is 12.1 Å². The van der Waals surface area contributed by atoms with Gasteiger partial charge in [-0.15, -0.1) is 0 Å². The first kappa shape index (κ1) is 12.1. The molecule has 0 radical (unpaired) electrons. The molecule has 3 rings (SSSR count). The zero-order valence-corrected chi connectivity index (χ0v) is 11.3. The predicted octanol–water partition coefficient (Wildman–Crippen LogP) is 3.83. The van der Waals surface area contributed by atoms with Crippen LogP contribution in [-0.2, 0) is 6.54 Å². The molecule has 96 valence electrons. The van der Waals surface area contributed by atoms with Gasteiger partial charge in [0, 0.05) is 35.9 Å². The number of rotatable bonds is 4. The van der Waals surface area contributed by atoms with Gasteiger partial charge in [0.25, 0.3) is 0 Å². The summed E-state index contributed by atoms with van der Waals surface area (Å²) in [4.78, 5) is 0. The molecule has 0 saturated heterocycles. The van der Waals surface area contributed by atoms with E-state index in [4.69, 9.17) is 11.6 Å². The van der Waals surface area contributed by atoms with Crippen molar-refractivity contribution in [2.45, 2.75) is 38.3 Å². The molecule has 1 aromatic carbocycles. The number of benzene rings is 1. The summed E-state index contributed by atoms with van der Waals surface area (Å²) in [6.07, 6.45) is 7.62.